The molecule has 2 heterocycles. The number of amides is 2. The highest BCUT2D eigenvalue weighted by Gasteiger charge is 2.17. The summed E-state index contributed by atoms with van der Waals surface area (Å²) < 4.78 is 15.2. The summed E-state index contributed by atoms with van der Waals surface area (Å²) in [4.78, 5) is 28.8. The van der Waals surface area contributed by atoms with Gasteiger partial charge in [-0.2, -0.15) is 0 Å². The summed E-state index contributed by atoms with van der Waals surface area (Å²) in [6.07, 6.45) is 0. The molecule has 2 aromatic heterocycles. The second kappa shape index (κ2) is 6.71. The minimum absolute atomic E-state index is 0.149. The van der Waals surface area contributed by atoms with Crippen molar-refractivity contribution in [1.82, 2.24) is 4.98 Å². The van der Waals surface area contributed by atoms with Crippen LogP contribution in [0.1, 0.15) is 22.2 Å². The topological polar surface area (TPSA) is 71.1 Å². The molecular formula is C19H14FN3O2S2. The number of carbonyl (C=O) groups is 2. The van der Waals surface area contributed by atoms with Crippen molar-refractivity contribution in [2.24, 2.45) is 0 Å². The molecule has 2 N–H and O–H groups in total. The molecule has 0 unspecified atom stereocenters. The number of aryl methyl sites for hydroxylation is 1. The third-order valence-corrected chi connectivity index (χ3v) is 6.24. The average molecular weight is 399 g/mol. The van der Waals surface area contributed by atoms with Gasteiger partial charge in [0.05, 0.1) is 15.1 Å². The van der Waals surface area contributed by atoms with E-state index in [1.165, 1.54) is 41.7 Å². The van der Waals surface area contributed by atoms with Crippen molar-refractivity contribution in [2.45, 2.75) is 13.8 Å². The quantitative estimate of drug-likeness (QED) is 0.499. The first-order valence-corrected chi connectivity index (χ1v) is 9.72. The molecular weight excluding hydrogens is 385 g/mol. The highest BCUT2D eigenvalue weighted by atomic mass is 32.1. The lowest BCUT2D eigenvalue weighted by atomic mass is 10.1. The SMILES string of the molecule is CC(=O)Nc1ccc2nc(NC(=O)c3sc4ccc(F)cc4c3C)sc2c1. The number of anilines is 2. The molecule has 0 saturated carbocycles. The number of thiophene rings is 1. The zero-order valence-corrected chi connectivity index (χ0v) is 16.1. The number of hydrogen-bond acceptors (Lipinski definition) is 5. The molecule has 0 radical (unpaired) electrons. The van der Waals surface area contributed by atoms with Gasteiger partial charge in [-0.05, 0) is 54.3 Å². The lowest BCUT2D eigenvalue weighted by Gasteiger charge is -2.00. The summed E-state index contributed by atoms with van der Waals surface area (Å²) in [5.41, 5.74) is 2.17. The van der Waals surface area contributed by atoms with Crippen LogP contribution in [0.2, 0.25) is 0 Å². The van der Waals surface area contributed by atoms with E-state index in [0.717, 1.165) is 25.9 Å². The molecule has 0 fully saturated rings. The Balaban J connectivity index is 1.62. The van der Waals surface area contributed by atoms with Crippen LogP contribution in [0.25, 0.3) is 20.3 Å². The molecule has 27 heavy (non-hydrogen) atoms. The Morgan fingerprint density at radius 2 is 1.85 bits per heavy atom. The lowest BCUT2D eigenvalue weighted by molar-refractivity contribution is -0.114. The van der Waals surface area contributed by atoms with Gasteiger partial charge in [-0.1, -0.05) is 11.3 Å². The van der Waals surface area contributed by atoms with E-state index in [4.69, 9.17) is 0 Å². The average Bonchev–Trinajstić information content (AvgIpc) is 3.14. The van der Waals surface area contributed by atoms with Gasteiger partial charge in [-0.15, -0.1) is 11.3 Å². The van der Waals surface area contributed by atoms with Crippen LogP contribution in [0.4, 0.5) is 15.2 Å². The third-order valence-electron chi connectivity index (χ3n) is 4.03. The molecule has 0 aliphatic carbocycles. The number of hydrogen-bond donors (Lipinski definition) is 2. The Labute approximate surface area is 161 Å². The number of benzene rings is 2. The van der Waals surface area contributed by atoms with Crippen LogP contribution >= 0.6 is 22.7 Å². The maximum absolute atomic E-state index is 13.5. The van der Waals surface area contributed by atoms with Crippen molar-refractivity contribution in [3.8, 4) is 0 Å². The Hall–Kier alpha value is -2.84. The summed E-state index contributed by atoms with van der Waals surface area (Å²) in [6.45, 7) is 3.26. The van der Waals surface area contributed by atoms with Gasteiger partial charge in [-0.3, -0.25) is 14.9 Å². The van der Waals surface area contributed by atoms with Crippen LogP contribution in [-0.4, -0.2) is 16.8 Å². The Morgan fingerprint density at radius 1 is 1.04 bits per heavy atom. The fraction of sp³-hybridized carbons (Fsp3) is 0.105. The molecule has 0 aliphatic rings. The van der Waals surface area contributed by atoms with Crippen molar-refractivity contribution in [3.63, 3.8) is 0 Å². The van der Waals surface area contributed by atoms with Gasteiger partial charge in [0.1, 0.15) is 5.82 Å². The lowest BCUT2D eigenvalue weighted by Crippen LogP contribution is -2.10. The number of nitrogens with zero attached hydrogens (tertiary/aromatic N) is 1. The summed E-state index contributed by atoms with van der Waals surface area (Å²) in [5.74, 6) is -0.740. The Bertz CT molecular complexity index is 1210. The number of thiazole rings is 1. The van der Waals surface area contributed by atoms with Gasteiger partial charge in [-0.25, -0.2) is 9.37 Å². The second-order valence-electron chi connectivity index (χ2n) is 6.03. The van der Waals surface area contributed by atoms with E-state index in [-0.39, 0.29) is 17.6 Å². The van der Waals surface area contributed by atoms with Crippen LogP contribution < -0.4 is 10.6 Å². The molecule has 5 nitrogen and oxygen atoms in total. The van der Waals surface area contributed by atoms with Gasteiger partial charge >= 0.3 is 0 Å². The highest BCUT2D eigenvalue weighted by Crippen LogP contribution is 2.33. The smallest absolute Gasteiger partial charge is 0.267 e. The zero-order chi connectivity index (χ0) is 19.1. The maximum atomic E-state index is 13.5. The second-order valence-corrected chi connectivity index (χ2v) is 8.12. The number of aromatic nitrogens is 1. The van der Waals surface area contributed by atoms with Crippen molar-refractivity contribution in [2.75, 3.05) is 10.6 Å². The zero-order valence-electron chi connectivity index (χ0n) is 14.4. The Kier molecular flexibility index (Phi) is 4.37. The fourth-order valence-electron chi connectivity index (χ4n) is 2.82. The molecule has 0 aliphatic heterocycles. The molecule has 8 heteroatoms. The summed E-state index contributed by atoms with van der Waals surface area (Å²) >= 11 is 2.65. The first-order chi connectivity index (χ1) is 12.9. The highest BCUT2D eigenvalue weighted by molar-refractivity contribution is 7.23. The predicted octanol–water partition coefficient (Wildman–Crippen LogP) is 5.17. The van der Waals surface area contributed by atoms with Crippen LogP contribution in [0.3, 0.4) is 0 Å². The van der Waals surface area contributed by atoms with Crippen molar-refractivity contribution < 1.29 is 14.0 Å². The van der Waals surface area contributed by atoms with Gasteiger partial charge in [0.25, 0.3) is 5.91 Å². The third kappa shape index (κ3) is 3.41. The van der Waals surface area contributed by atoms with Gasteiger partial charge in [0, 0.05) is 17.3 Å². The van der Waals surface area contributed by atoms with Crippen molar-refractivity contribution in [1.29, 1.82) is 0 Å². The first-order valence-electron chi connectivity index (χ1n) is 8.09. The van der Waals surface area contributed by atoms with E-state index in [2.05, 4.69) is 15.6 Å². The van der Waals surface area contributed by atoms with Crippen LogP contribution in [0.5, 0.6) is 0 Å². The van der Waals surface area contributed by atoms with Gasteiger partial charge < -0.3 is 5.32 Å². The minimum atomic E-state index is -0.323. The maximum Gasteiger partial charge on any atom is 0.267 e. The molecule has 136 valence electrons. The summed E-state index contributed by atoms with van der Waals surface area (Å²) in [5, 5.41) is 6.76. The fourth-order valence-corrected chi connectivity index (χ4v) is 4.81. The number of carbonyl (C=O) groups excluding carboxylic acids is 2. The number of halogens is 1. The summed E-state index contributed by atoms with van der Waals surface area (Å²) in [6, 6.07) is 9.89. The van der Waals surface area contributed by atoms with Crippen molar-refractivity contribution in [3.05, 3.63) is 52.7 Å². The first kappa shape index (κ1) is 17.6. The molecule has 0 spiro atoms. The number of nitrogens with one attached hydrogen (secondary N) is 2. The standard InChI is InChI=1S/C19H14FN3O2S2/c1-9-13-7-11(20)3-6-15(13)26-17(9)18(25)23-19-22-14-5-4-12(21-10(2)24)8-16(14)27-19/h3-8H,1-2H3,(H,21,24)(H,22,23,25). The molecule has 0 bridgehead atoms. The molecule has 0 atom stereocenters. The molecule has 2 aromatic carbocycles. The normalized spacial score (nSPS) is 11.1. The number of rotatable bonds is 3. The van der Waals surface area contributed by atoms with E-state index in [9.17, 15) is 14.0 Å². The van der Waals surface area contributed by atoms with E-state index in [1.54, 1.807) is 18.2 Å². The van der Waals surface area contributed by atoms with E-state index >= 15 is 0 Å². The predicted molar refractivity (Wildman–Crippen MR) is 108 cm³/mol. The Morgan fingerprint density at radius 3 is 2.63 bits per heavy atom. The molecule has 0 saturated heterocycles. The minimum Gasteiger partial charge on any atom is -0.326 e. The molecule has 4 rings (SSSR count). The van der Waals surface area contributed by atoms with Gasteiger partial charge in [0.2, 0.25) is 5.91 Å². The molecule has 2 amide bonds. The summed E-state index contributed by atoms with van der Waals surface area (Å²) in [7, 11) is 0. The van der Waals surface area contributed by atoms with E-state index < -0.39 is 0 Å². The number of fused-ring (bicyclic) bond motifs is 2. The van der Waals surface area contributed by atoms with Crippen molar-refractivity contribution >= 4 is 65.6 Å². The monoisotopic (exact) mass is 399 g/mol. The van der Waals surface area contributed by atoms with Gasteiger partial charge in [0.15, 0.2) is 5.13 Å². The van der Waals surface area contributed by atoms with Crippen LogP contribution in [-0.2, 0) is 4.79 Å². The largest absolute Gasteiger partial charge is 0.326 e. The van der Waals surface area contributed by atoms with E-state index in [1.807, 2.05) is 13.0 Å². The van der Waals surface area contributed by atoms with Crippen LogP contribution in [0.15, 0.2) is 36.4 Å². The van der Waals surface area contributed by atoms with E-state index in [0.29, 0.717) is 15.7 Å². The molecule has 4 aromatic rings. The van der Waals surface area contributed by atoms with Crippen LogP contribution in [0, 0.1) is 12.7 Å².